The van der Waals surface area contributed by atoms with E-state index in [1.54, 1.807) is 18.2 Å². The van der Waals surface area contributed by atoms with Gasteiger partial charge in [-0.15, -0.1) is 0 Å². The second-order valence-corrected chi connectivity index (χ2v) is 5.62. The first-order chi connectivity index (χ1) is 12.5. The van der Waals surface area contributed by atoms with Gasteiger partial charge in [0.2, 0.25) is 0 Å². The first-order valence-electron chi connectivity index (χ1n) is 8.50. The lowest BCUT2D eigenvalue weighted by Gasteiger charge is -2.14. The minimum atomic E-state index is -0.534. The van der Waals surface area contributed by atoms with Crippen LogP contribution in [0, 0.1) is 10.1 Å². The summed E-state index contributed by atoms with van der Waals surface area (Å²) in [4.78, 5) is 22.7. The molecule has 0 aromatic heterocycles. The lowest BCUT2D eigenvalue weighted by Crippen LogP contribution is -2.12. The van der Waals surface area contributed by atoms with E-state index in [1.807, 2.05) is 13.8 Å². The van der Waals surface area contributed by atoms with Crippen molar-refractivity contribution in [3.63, 3.8) is 0 Å². The second kappa shape index (κ2) is 9.41. The number of nitro groups is 1. The Labute approximate surface area is 152 Å². The largest absolute Gasteiger partial charge is 0.490 e. The lowest BCUT2D eigenvalue weighted by molar-refractivity contribution is -0.384. The predicted molar refractivity (Wildman–Crippen MR) is 99.1 cm³/mol. The zero-order chi connectivity index (χ0) is 18.9. The highest BCUT2D eigenvalue weighted by Gasteiger charge is 2.13. The van der Waals surface area contributed by atoms with E-state index in [4.69, 9.17) is 9.47 Å². The third kappa shape index (κ3) is 5.20. The van der Waals surface area contributed by atoms with Crippen molar-refractivity contribution in [2.75, 3.05) is 18.5 Å². The molecular weight excluding hydrogens is 336 g/mol. The number of ether oxygens (including phenoxy) is 2. The number of rotatable bonds is 9. The van der Waals surface area contributed by atoms with Crippen LogP contribution in [0.1, 0.15) is 37.0 Å². The molecule has 0 unspecified atom stereocenters. The molecule has 0 bridgehead atoms. The van der Waals surface area contributed by atoms with Crippen LogP contribution in [-0.4, -0.2) is 24.0 Å². The van der Waals surface area contributed by atoms with E-state index in [0.717, 1.165) is 12.8 Å². The highest BCUT2D eigenvalue weighted by atomic mass is 16.6. The van der Waals surface area contributed by atoms with Gasteiger partial charge in [0.1, 0.15) is 0 Å². The van der Waals surface area contributed by atoms with Crippen molar-refractivity contribution in [3.8, 4) is 11.5 Å². The standard InChI is InChI=1S/C19H22N2O5/c1-3-10-25-17-9-8-15(13-18(17)26-11-4-2)20-19(22)14-6-5-7-16(12-14)21(23)24/h5-9,12-13H,3-4,10-11H2,1-2H3,(H,20,22). The van der Waals surface area contributed by atoms with Gasteiger partial charge >= 0.3 is 0 Å². The van der Waals surface area contributed by atoms with Crippen LogP contribution in [0.4, 0.5) is 11.4 Å². The van der Waals surface area contributed by atoms with Crippen LogP contribution in [0.25, 0.3) is 0 Å². The molecule has 0 saturated heterocycles. The number of amides is 1. The Morgan fingerprint density at radius 3 is 2.38 bits per heavy atom. The van der Waals surface area contributed by atoms with Crippen LogP contribution in [0.5, 0.6) is 11.5 Å². The molecular formula is C19H22N2O5. The normalized spacial score (nSPS) is 10.2. The van der Waals surface area contributed by atoms with Gasteiger partial charge in [0.05, 0.1) is 18.1 Å². The van der Waals surface area contributed by atoms with Gasteiger partial charge in [-0.3, -0.25) is 14.9 Å². The monoisotopic (exact) mass is 358 g/mol. The summed E-state index contributed by atoms with van der Waals surface area (Å²) in [6.45, 7) is 5.12. The zero-order valence-corrected chi connectivity index (χ0v) is 14.9. The Morgan fingerprint density at radius 1 is 1.04 bits per heavy atom. The average molecular weight is 358 g/mol. The van der Waals surface area contributed by atoms with Crippen LogP contribution < -0.4 is 14.8 Å². The number of carbonyl (C=O) groups is 1. The summed E-state index contributed by atoms with van der Waals surface area (Å²) in [6.07, 6.45) is 1.72. The molecule has 0 heterocycles. The fraction of sp³-hybridized carbons (Fsp3) is 0.316. The van der Waals surface area contributed by atoms with Crippen molar-refractivity contribution < 1.29 is 19.2 Å². The van der Waals surface area contributed by atoms with E-state index in [-0.39, 0.29) is 11.3 Å². The van der Waals surface area contributed by atoms with Crippen molar-refractivity contribution in [2.45, 2.75) is 26.7 Å². The van der Waals surface area contributed by atoms with Crippen LogP contribution in [0.15, 0.2) is 42.5 Å². The minimum Gasteiger partial charge on any atom is -0.490 e. The molecule has 0 atom stereocenters. The number of nitrogens with one attached hydrogen (secondary N) is 1. The van der Waals surface area contributed by atoms with Gasteiger partial charge in [-0.1, -0.05) is 19.9 Å². The molecule has 26 heavy (non-hydrogen) atoms. The highest BCUT2D eigenvalue weighted by molar-refractivity contribution is 6.04. The maximum atomic E-state index is 12.4. The maximum absolute atomic E-state index is 12.4. The van der Waals surface area contributed by atoms with E-state index in [0.29, 0.717) is 30.4 Å². The molecule has 0 spiro atoms. The molecule has 0 aliphatic rings. The van der Waals surface area contributed by atoms with E-state index in [9.17, 15) is 14.9 Å². The lowest BCUT2D eigenvalue weighted by atomic mass is 10.2. The fourth-order valence-electron chi connectivity index (χ4n) is 2.21. The molecule has 0 aliphatic carbocycles. The van der Waals surface area contributed by atoms with Crippen molar-refractivity contribution in [2.24, 2.45) is 0 Å². The summed E-state index contributed by atoms with van der Waals surface area (Å²) >= 11 is 0. The van der Waals surface area contributed by atoms with Gasteiger partial charge in [0, 0.05) is 29.4 Å². The van der Waals surface area contributed by atoms with Crippen LogP contribution in [-0.2, 0) is 0 Å². The van der Waals surface area contributed by atoms with Crippen molar-refractivity contribution in [1.82, 2.24) is 0 Å². The summed E-state index contributed by atoms with van der Waals surface area (Å²) in [5.74, 6) is 0.739. The number of nitrogens with zero attached hydrogens (tertiary/aromatic N) is 1. The quantitative estimate of drug-likeness (QED) is 0.529. The van der Waals surface area contributed by atoms with E-state index in [1.165, 1.54) is 24.3 Å². The fourth-order valence-corrected chi connectivity index (χ4v) is 2.21. The second-order valence-electron chi connectivity index (χ2n) is 5.62. The van der Waals surface area contributed by atoms with Gasteiger partial charge in [0.15, 0.2) is 11.5 Å². The SMILES string of the molecule is CCCOc1ccc(NC(=O)c2cccc([N+](=O)[O-])c2)cc1OCCC. The van der Waals surface area contributed by atoms with Gasteiger partial charge in [0.25, 0.3) is 11.6 Å². The summed E-state index contributed by atoms with van der Waals surface area (Å²) in [7, 11) is 0. The van der Waals surface area contributed by atoms with Crippen molar-refractivity contribution >= 4 is 17.3 Å². The summed E-state index contributed by atoms with van der Waals surface area (Å²) in [5, 5.41) is 13.6. The Kier molecular flexibility index (Phi) is 6.96. The number of hydrogen-bond acceptors (Lipinski definition) is 5. The molecule has 1 N–H and O–H groups in total. The van der Waals surface area contributed by atoms with Crippen molar-refractivity contribution in [1.29, 1.82) is 0 Å². The number of non-ortho nitro benzene ring substituents is 1. The third-order valence-corrected chi connectivity index (χ3v) is 3.44. The average Bonchev–Trinajstić information content (AvgIpc) is 2.65. The molecule has 7 heteroatoms. The van der Waals surface area contributed by atoms with E-state index >= 15 is 0 Å². The van der Waals surface area contributed by atoms with E-state index < -0.39 is 10.8 Å². The number of anilines is 1. The Hall–Kier alpha value is -3.09. The first-order valence-corrected chi connectivity index (χ1v) is 8.50. The smallest absolute Gasteiger partial charge is 0.270 e. The molecule has 2 aromatic rings. The summed E-state index contributed by atoms with van der Waals surface area (Å²) in [6, 6.07) is 10.7. The highest BCUT2D eigenvalue weighted by Crippen LogP contribution is 2.31. The minimum absolute atomic E-state index is 0.132. The first kappa shape index (κ1) is 19.2. The van der Waals surface area contributed by atoms with Crippen LogP contribution >= 0.6 is 0 Å². The van der Waals surface area contributed by atoms with Crippen LogP contribution in [0.2, 0.25) is 0 Å². The molecule has 0 radical (unpaired) electrons. The molecule has 7 nitrogen and oxygen atoms in total. The zero-order valence-electron chi connectivity index (χ0n) is 14.9. The Bertz CT molecular complexity index is 776. The van der Waals surface area contributed by atoms with E-state index in [2.05, 4.69) is 5.32 Å². The van der Waals surface area contributed by atoms with Gasteiger partial charge in [-0.2, -0.15) is 0 Å². The number of carbonyl (C=O) groups excluding carboxylic acids is 1. The Balaban J connectivity index is 2.18. The summed E-state index contributed by atoms with van der Waals surface area (Å²) in [5.41, 5.74) is 0.603. The molecule has 0 fully saturated rings. The van der Waals surface area contributed by atoms with Crippen LogP contribution in [0.3, 0.4) is 0 Å². The van der Waals surface area contributed by atoms with Gasteiger partial charge < -0.3 is 14.8 Å². The molecule has 2 rings (SSSR count). The molecule has 1 amide bonds. The summed E-state index contributed by atoms with van der Waals surface area (Å²) < 4.78 is 11.4. The number of hydrogen-bond donors (Lipinski definition) is 1. The number of nitro benzene ring substituents is 1. The molecule has 138 valence electrons. The number of benzene rings is 2. The third-order valence-electron chi connectivity index (χ3n) is 3.44. The maximum Gasteiger partial charge on any atom is 0.270 e. The van der Waals surface area contributed by atoms with Gasteiger partial charge in [-0.25, -0.2) is 0 Å². The molecule has 0 aliphatic heterocycles. The Morgan fingerprint density at radius 2 is 1.73 bits per heavy atom. The van der Waals surface area contributed by atoms with Crippen molar-refractivity contribution in [3.05, 3.63) is 58.1 Å². The van der Waals surface area contributed by atoms with Gasteiger partial charge in [-0.05, 0) is 31.0 Å². The topological polar surface area (TPSA) is 90.7 Å². The predicted octanol–water partition coefficient (Wildman–Crippen LogP) is 4.42. The molecule has 2 aromatic carbocycles. The molecule has 0 saturated carbocycles.